The molecule has 2 aromatic carbocycles. The Balaban J connectivity index is 0.00000140. The van der Waals surface area contributed by atoms with Gasteiger partial charge in [0, 0.05) is 18.3 Å². The molecule has 1 aliphatic heterocycles. The van der Waals surface area contributed by atoms with Crippen LogP contribution < -0.4 is 0 Å². The zero-order chi connectivity index (χ0) is 17.6. The standard InChI is InChI=1S/C24H26N2.2ClH/c1-3-7-20(8-4-1)17-21-12-15-26(16-13-21)19-22-11-14-25-24(18-22)23-9-5-2-6-10-23;;/h1-11,14,18,21H,12-13,15-17,19H2;2*1H. The van der Waals surface area contributed by atoms with Crippen LogP contribution in [-0.4, -0.2) is 23.0 Å². The highest BCUT2D eigenvalue weighted by atomic mass is 35.5. The first-order valence-corrected chi connectivity index (χ1v) is 9.63. The van der Waals surface area contributed by atoms with E-state index in [1.165, 1.54) is 49.0 Å². The van der Waals surface area contributed by atoms with E-state index in [4.69, 9.17) is 0 Å². The van der Waals surface area contributed by atoms with Crippen LogP contribution in [0.1, 0.15) is 24.0 Å². The van der Waals surface area contributed by atoms with E-state index in [0.717, 1.165) is 18.2 Å². The first-order valence-electron chi connectivity index (χ1n) is 9.63. The van der Waals surface area contributed by atoms with Gasteiger partial charge in [0.2, 0.25) is 0 Å². The van der Waals surface area contributed by atoms with Gasteiger partial charge in [-0.2, -0.15) is 0 Å². The quantitative estimate of drug-likeness (QED) is 0.505. The lowest BCUT2D eigenvalue weighted by molar-refractivity contribution is 0.177. The number of nitrogens with zero attached hydrogens (tertiary/aromatic N) is 2. The largest absolute Gasteiger partial charge is 0.299 e. The number of rotatable bonds is 5. The molecule has 0 amide bonds. The molecule has 3 aromatic rings. The number of hydrogen-bond donors (Lipinski definition) is 0. The van der Waals surface area contributed by atoms with Crippen molar-refractivity contribution in [2.45, 2.75) is 25.8 Å². The monoisotopic (exact) mass is 414 g/mol. The predicted molar refractivity (Wildman–Crippen MR) is 122 cm³/mol. The third kappa shape index (κ3) is 6.07. The average molecular weight is 415 g/mol. The van der Waals surface area contributed by atoms with Gasteiger partial charge in [-0.1, -0.05) is 60.7 Å². The van der Waals surface area contributed by atoms with Crippen LogP contribution in [0.25, 0.3) is 11.3 Å². The molecule has 28 heavy (non-hydrogen) atoms. The molecule has 0 radical (unpaired) electrons. The van der Waals surface area contributed by atoms with E-state index in [-0.39, 0.29) is 24.8 Å². The molecular formula is C24H28Cl2N2. The fourth-order valence-corrected chi connectivity index (χ4v) is 3.89. The van der Waals surface area contributed by atoms with E-state index < -0.39 is 0 Å². The lowest BCUT2D eigenvalue weighted by Gasteiger charge is -2.32. The van der Waals surface area contributed by atoms with E-state index >= 15 is 0 Å². The minimum atomic E-state index is 0. The van der Waals surface area contributed by atoms with Gasteiger partial charge in [-0.25, -0.2) is 0 Å². The van der Waals surface area contributed by atoms with E-state index in [1.54, 1.807) is 0 Å². The summed E-state index contributed by atoms with van der Waals surface area (Å²) in [5, 5.41) is 0. The summed E-state index contributed by atoms with van der Waals surface area (Å²) in [7, 11) is 0. The van der Waals surface area contributed by atoms with Crippen LogP contribution >= 0.6 is 24.8 Å². The Hall–Kier alpha value is -1.87. The molecule has 148 valence electrons. The molecule has 0 N–H and O–H groups in total. The average Bonchev–Trinajstić information content (AvgIpc) is 2.71. The van der Waals surface area contributed by atoms with Crippen molar-refractivity contribution in [1.29, 1.82) is 0 Å². The minimum Gasteiger partial charge on any atom is -0.299 e. The zero-order valence-corrected chi connectivity index (χ0v) is 17.7. The van der Waals surface area contributed by atoms with Crippen molar-refractivity contribution in [3.8, 4) is 11.3 Å². The van der Waals surface area contributed by atoms with Crippen molar-refractivity contribution in [1.82, 2.24) is 9.88 Å². The number of aromatic nitrogens is 1. The van der Waals surface area contributed by atoms with Gasteiger partial charge in [-0.05, 0) is 61.5 Å². The van der Waals surface area contributed by atoms with Gasteiger partial charge >= 0.3 is 0 Å². The van der Waals surface area contributed by atoms with Crippen LogP contribution in [-0.2, 0) is 13.0 Å². The van der Waals surface area contributed by atoms with Gasteiger partial charge in [0.05, 0.1) is 5.69 Å². The molecule has 2 heterocycles. The fraction of sp³-hybridized carbons (Fsp3) is 0.292. The number of pyridine rings is 1. The van der Waals surface area contributed by atoms with Crippen LogP contribution in [0.15, 0.2) is 79.0 Å². The second-order valence-electron chi connectivity index (χ2n) is 7.32. The third-order valence-corrected chi connectivity index (χ3v) is 5.37. The molecule has 0 aliphatic carbocycles. The summed E-state index contributed by atoms with van der Waals surface area (Å²) < 4.78 is 0. The minimum absolute atomic E-state index is 0. The maximum absolute atomic E-state index is 4.54. The maximum Gasteiger partial charge on any atom is 0.0705 e. The van der Waals surface area contributed by atoms with Crippen LogP contribution in [0, 0.1) is 5.92 Å². The first-order chi connectivity index (χ1) is 12.9. The Morgan fingerprint density at radius 1 is 0.786 bits per heavy atom. The van der Waals surface area contributed by atoms with Crippen molar-refractivity contribution in [2.24, 2.45) is 5.92 Å². The van der Waals surface area contributed by atoms with Gasteiger partial charge in [0.15, 0.2) is 0 Å². The molecule has 1 fully saturated rings. The Morgan fingerprint density at radius 2 is 1.43 bits per heavy atom. The lowest BCUT2D eigenvalue weighted by Crippen LogP contribution is -2.33. The molecule has 0 atom stereocenters. The normalized spacial score (nSPS) is 14.7. The molecule has 0 bridgehead atoms. The van der Waals surface area contributed by atoms with Crippen LogP contribution in [0.3, 0.4) is 0 Å². The summed E-state index contributed by atoms with van der Waals surface area (Å²) in [6, 6.07) is 25.8. The Labute approximate surface area is 180 Å². The molecule has 1 aliphatic rings. The van der Waals surface area contributed by atoms with E-state index in [2.05, 4.69) is 76.6 Å². The van der Waals surface area contributed by atoms with Crippen molar-refractivity contribution >= 4 is 24.8 Å². The van der Waals surface area contributed by atoms with Gasteiger partial charge in [0.25, 0.3) is 0 Å². The van der Waals surface area contributed by atoms with Crippen molar-refractivity contribution in [2.75, 3.05) is 13.1 Å². The molecule has 0 spiro atoms. The summed E-state index contributed by atoms with van der Waals surface area (Å²) in [6.45, 7) is 3.42. The molecule has 2 nitrogen and oxygen atoms in total. The Bertz CT molecular complexity index is 816. The fourth-order valence-electron chi connectivity index (χ4n) is 3.89. The third-order valence-electron chi connectivity index (χ3n) is 5.37. The molecule has 0 saturated carbocycles. The van der Waals surface area contributed by atoms with Gasteiger partial charge < -0.3 is 0 Å². The summed E-state index contributed by atoms with van der Waals surface area (Å²) in [6.07, 6.45) is 5.76. The summed E-state index contributed by atoms with van der Waals surface area (Å²) in [5.41, 5.74) is 5.10. The number of piperidine rings is 1. The van der Waals surface area contributed by atoms with E-state index in [0.29, 0.717) is 0 Å². The molecule has 0 unspecified atom stereocenters. The highest BCUT2D eigenvalue weighted by Gasteiger charge is 2.19. The molecular weight excluding hydrogens is 387 g/mol. The van der Waals surface area contributed by atoms with Crippen molar-refractivity contribution < 1.29 is 0 Å². The molecule has 1 aromatic heterocycles. The lowest BCUT2D eigenvalue weighted by atomic mass is 9.90. The number of halogens is 2. The smallest absolute Gasteiger partial charge is 0.0705 e. The molecule has 4 rings (SSSR count). The second-order valence-corrected chi connectivity index (χ2v) is 7.32. The van der Waals surface area contributed by atoms with Crippen LogP contribution in [0.5, 0.6) is 0 Å². The van der Waals surface area contributed by atoms with E-state index in [9.17, 15) is 0 Å². The highest BCUT2D eigenvalue weighted by molar-refractivity contribution is 5.85. The highest BCUT2D eigenvalue weighted by Crippen LogP contribution is 2.24. The van der Waals surface area contributed by atoms with Crippen molar-refractivity contribution in [3.05, 3.63) is 90.1 Å². The Morgan fingerprint density at radius 3 is 2.11 bits per heavy atom. The van der Waals surface area contributed by atoms with Gasteiger partial charge in [-0.3, -0.25) is 9.88 Å². The summed E-state index contributed by atoms with van der Waals surface area (Å²) in [5.74, 6) is 0.825. The maximum atomic E-state index is 4.54. The number of likely N-dealkylation sites (tertiary alicyclic amines) is 1. The first kappa shape index (κ1) is 22.4. The van der Waals surface area contributed by atoms with Crippen LogP contribution in [0.2, 0.25) is 0 Å². The van der Waals surface area contributed by atoms with E-state index in [1.807, 2.05) is 12.3 Å². The van der Waals surface area contributed by atoms with Crippen molar-refractivity contribution in [3.63, 3.8) is 0 Å². The number of benzene rings is 2. The predicted octanol–water partition coefficient (Wildman–Crippen LogP) is 6.05. The topological polar surface area (TPSA) is 16.1 Å². The number of hydrogen-bond acceptors (Lipinski definition) is 2. The second kappa shape index (κ2) is 11.2. The van der Waals surface area contributed by atoms with Gasteiger partial charge in [-0.15, -0.1) is 24.8 Å². The Kier molecular flexibility index (Phi) is 8.98. The summed E-state index contributed by atoms with van der Waals surface area (Å²) >= 11 is 0. The molecule has 1 saturated heterocycles. The van der Waals surface area contributed by atoms with Gasteiger partial charge in [0.1, 0.15) is 0 Å². The van der Waals surface area contributed by atoms with Crippen LogP contribution in [0.4, 0.5) is 0 Å². The zero-order valence-electron chi connectivity index (χ0n) is 16.0. The SMILES string of the molecule is Cl.Cl.c1ccc(CC2CCN(Cc3ccnc(-c4ccccc4)c3)CC2)cc1. The molecule has 4 heteroatoms. The summed E-state index contributed by atoms with van der Waals surface area (Å²) in [4.78, 5) is 7.13.